The molecule has 0 saturated heterocycles. The molecule has 3 unspecified atom stereocenters. The summed E-state index contributed by atoms with van der Waals surface area (Å²) in [7, 11) is 1.53. The lowest BCUT2D eigenvalue weighted by Crippen LogP contribution is -2.33. The molecular weight excluding hydrogens is 265 g/mol. The van der Waals surface area contributed by atoms with E-state index in [1.165, 1.54) is 26.4 Å². The van der Waals surface area contributed by atoms with Crippen molar-refractivity contribution >= 4 is 0 Å². The topological polar surface area (TPSA) is 21.3 Å². The normalized spacial score (nSPS) is 25.8. The van der Waals surface area contributed by atoms with Gasteiger partial charge in [-0.3, -0.25) is 0 Å². The molecule has 0 aliphatic heterocycles. The van der Waals surface area contributed by atoms with E-state index < -0.39 is 0 Å². The van der Waals surface area contributed by atoms with Crippen molar-refractivity contribution in [3.63, 3.8) is 0 Å². The van der Waals surface area contributed by atoms with E-state index >= 15 is 0 Å². The van der Waals surface area contributed by atoms with Crippen molar-refractivity contribution in [3.8, 4) is 5.75 Å². The molecule has 21 heavy (non-hydrogen) atoms. The van der Waals surface area contributed by atoms with Crippen molar-refractivity contribution in [2.45, 2.75) is 39.5 Å². The summed E-state index contributed by atoms with van der Waals surface area (Å²) >= 11 is 0. The molecule has 1 aromatic carbocycles. The van der Waals surface area contributed by atoms with Gasteiger partial charge in [0.1, 0.15) is 0 Å². The fraction of sp³-hybridized carbons (Fsp3) is 0.667. The van der Waals surface area contributed by atoms with Crippen LogP contribution in [0.15, 0.2) is 18.2 Å². The third kappa shape index (κ3) is 4.19. The van der Waals surface area contributed by atoms with Crippen LogP contribution in [0.3, 0.4) is 0 Å². The standard InChI is InChI=1S/C18H28FNO/c1-4-20-12-15-9-8-13(2)10-16(15)11-14-6-5-7-17(21-3)18(14)19/h5-7,13,15-16,20H,4,8-12H2,1-3H3. The summed E-state index contributed by atoms with van der Waals surface area (Å²) in [5.41, 5.74) is 0.801. The van der Waals surface area contributed by atoms with E-state index in [9.17, 15) is 4.39 Å². The van der Waals surface area contributed by atoms with Crippen molar-refractivity contribution in [1.29, 1.82) is 0 Å². The van der Waals surface area contributed by atoms with Gasteiger partial charge in [0.15, 0.2) is 11.6 Å². The molecule has 0 bridgehead atoms. The van der Waals surface area contributed by atoms with Crippen molar-refractivity contribution in [2.24, 2.45) is 17.8 Å². The second kappa shape index (κ2) is 7.79. The van der Waals surface area contributed by atoms with E-state index in [4.69, 9.17) is 4.74 Å². The summed E-state index contributed by atoms with van der Waals surface area (Å²) in [6.45, 7) is 6.52. The predicted octanol–water partition coefficient (Wildman–Crippen LogP) is 4.04. The average Bonchev–Trinajstić information content (AvgIpc) is 2.48. The van der Waals surface area contributed by atoms with Crippen molar-refractivity contribution in [2.75, 3.05) is 20.2 Å². The molecule has 1 aromatic rings. The third-order valence-corrected chi connectivity index (χ3v) is 4.80. The lowest BCUT2D eigenvalue weighted by atomic mass is 9.72. The number of benzene rings is 1. The summed E-state index contributed by atoms with van der Waals surface area (Å²) < 4.78 is 19.5. The summed E-state index contributed by atoms with van der Waals surface area (Å²) in [6, 6.07) is 5.49. The molecule has 3 atom stereocenters. The van der Waals surface area contributed by atoms with Gasteiger partial charge in [0.25, 0.3) is 0 Å². The molecule has 1 aliphatic carbocycles. The zero-order chi connectivity index (χ0) is 15.2. The van der Waals surface area contributed by atoms with Crippen LogP contribution in [0, 0.1) is 23.6 Å². The van der Waals surface area contributed by atoms with E-state index in [0.29, 0.717) is 17.6 Å². The van der Waals surface area contributed by atoms with Crippen LogP contribution in [0.1, 0.15) is 38.7 Å². The molecule has 2 rings (SSSR count). The number of nitrogens with one attached hydrogen (secondary N) is 1. The minimum Gasteiger partial charge on any atom is -0.494 e. The minimum atomic E-state index is -0.180. The summed E-state index contributed by atoms with van der Waals surface area (Å²) in [6.07, 6.45) is 4.58. The average molecular weight is 293 g/mol. The van der Waals surface area contributed by atoms with Crippen LogP contribution in [0.25, 0.3) is 0 Å². The van der Waals surface area contributed by atoms with Gasteiger partial charge in [0.2, 0.25) is 0 Å². The Kier molecular flexibility index (Phi) is 6.04. The van der Waals surface area contributed by atoms with E-state index in [0.717, 1.165) is 31.0 Å². The van der Waals surface area contributed by atoms with Gasteiger partial charge in [-0.05, 0) is 61.7 Å². The molecule has 1 fully saturated rings. The Bertz CT molecular complexity index is 447. The van der Waals surface area contributed by atoms with Crippen LogP contribution in [0.2, 0.25) is 0 Å². The molecule has 0 spiro atoms. The third-order valence-electron chi connectivity index (χ3n) is 4.80. The van der Waals surface area contributed by atoms with Gasteiger partial charge in [-0.2, -0.15) is 0 Å². The number of hydrogen-bond acceptors (Lipinski definition) is 2. The molecule has 0 heterocycles. The van der Waals surface area contributed by atoms with Crippen molar-refractivity contribution < 1.29 is 9.13 Å². The molecule has 1 N–H and O–H groups in total. The van der Waals surface area contributed by atoms with Crippen molar-refractivity contribution in [1.82, 2.24) is 5.32 Å². The molecule has 118 valence electrons. The highest BCUT2D eigenvalue weighted by Crippen LogP contribution is 2.36. The van der Waals surface area contributed by atoms with Gasteiger partial charge in [0.05, 0.1) is 7.11 Å². The van der Waals surface area contributed by atoms with Crippen LogP contribution in [-0.4, -0.2) is 20.2 Å². The first-order valence-electron chi connectivity index (χ1n) is 8.17. The molecule has 0 aromatic heterocycles. The summed E-state index contributed by atoms with van der Waals surface area (Å²) in [5, 5.41) is 3.47. The second-order valence-electron chi connectivity index (χ2n) is 6.38. The van der Waals surface area contributed by atoms with Crippen LogP contribution in [-0.2, 0) is 6.42 Å². The number of methoxy groups -OCH3 is 1. The lowest BCUT2D eigenvalue weighted by molar-refractivity contribution is 0.183. The SMILES string of the molecule is CCNCC1CCC(C)CC1Cc1cccc(OC)c1F. The highest BCUT2D eigenvalue weighted by Gasteiger charge is 2.29. The van der Waals surface area contributed by atoms with Crippen molar-refractivity contribution in [3.05, 3.63) is 29.6 Å². The van der Waals surface area contributed by atoms with E-state index in [1.807, 2.05) is 12.1 Å². The Morgan fingerprint density at radius 1 is 1.29 bits per heavy atom. The fourth-order valence-corrected chi connectivity index (χ4v) is 3.56. The molecular formula is C18H28FNO. The molecule has 0 amide bonds. The number of ether oxygens (including phenoxy) is 1. The zero-order valence-electron chi connectivity index (χ0n) is 13.5. The first-order valence-corrected chi connectivity index (χ1v) is 8.17. The Morgan fingerprint density at radius 3 is 2.81 bits per heavy atom. The molecule has 3 heteroatoms. The monoisotopic (exact) mass is 293 g/mol. The van der Waals surface area contributed by atoms with Crippen LogP contribution < -0.4 is 10.1 Å². The Balaban J connectivity index is 2.10. The van der Waals surface area contributed by atoms with Gasteiger partial charge in [-0.1, -0.05) is 32.4 Å². The van der Waals surface area contributed by atoms with Crippen LogP contribution in [0.5, 0.6) is 5.75 Å². The number of rotatable bonds is 6. The molecule has 0 radical (unpaired) electrons. The quantitative estimate of drug-likeness (QED) is 0.854. The first kappa shape index (κ1) is 16.3. The highest BCUT2D eigenvalue weighted by atomic mass is 19.1. The number of halogens is 1. The minimum absolute atomic E-state index is 0.180. The van der Waals surface area contributed by atoms with E-state index in [1.54, 1.807) is 6.07 Å². The van der Waals surface area contributed by atoms with Gasteiger partial charge < -0.3 is 10.1 Å². The molecule has 2 nitrogen and oxygen atoms in total. The summed E-state index contributed by atoms with van der Waals surface area (Å²) in [4.78, 5) is 0. The Hall–Kier alpha value is -1.09. The Morgan fingerprint density at radius 2 is 2.10 bits per heavy atom. The van der Waals surface area contributed by atoms with Gasteiger partial charge >= 0.3 is 0 Å². The van der Waals surface area contributed by atoms with Crippen LogP contribution in [0.4, 0.5) is 4.39 Å². The maximum atomic E-state index is 14.4. The Labute approximate surface area is 128 Å². The smallest absolute Gasteiger partial charge is 0.168 e. The maximum absolute atomic E-state index is 14.4. The van der Waals surface area contributed by atoms with E-state index in [2.05, 4.69) is 19.2 Å². The first-order chi connectivity index (χ1) is 10.2. The second-order valence-corrected chi connectivity index (χ2v) is 6.38. The van der Waals surface area contributed by atoms with Gasteiger partial charge in [-0.25, -0.2) is 4.39 Å². The summed E-state index contributed by atoms with van der Waals surface area (Å²) in [5.74, 6) is 2.16. The van der Waals surface area contributed by atoms with Gasteiger partial charge in [0, 0.05) is 0 Å². The highest BCUT2D eigenvalue weighted by molar-refractivity contribution is 5.31. The zero-order valence-corrected chi connectivity index (χ0v) is 13.5. The lowest BCUT2D eigenvalue weighted by Gasteiger charge is -2.35. The van der Waals surface area contributed by atoms with Crippen LogP contribution >= 0.6 is 0 Å². The number of hydrogen-bond donors (Lipinski definition) is 1. The van der Waals surface area contributed by atoms with Gasteiger partial charge in [-0.15, -0.1) is 0 Å². The largest absolute Gasteiger partial charge is 0.494 e. The predicted molar refractivity (Wildman–Crippen MR) is 85.2 cm³/mol. The molecule has 1 aliphatic rings. The fourth-order valence-electron chi connectivity index (χ4n) is 3.56. The molecule has 1 saturated carbocycles. The van der Waals surface area contributed by atoms with E-state index in [-0.39, 0.29) is 5.82 Å². The maximum Gasteiger partial charge on any atom is 0.168 e.